The lowest BCUT2D eigenvalue weighted by molar-refractivity contribution is -0.132. The number of carbonyl (C=O) groups excluding carboxylic acids is 3. The highest BCUT2D eigenvalue weighted by Gasteiger charge is 2.28. The summed E-state index contributed by atoms with van der Waals surface area (Å²) in [6.07, 6.45) is 3.22. The van der Waals surface area contributed by atoms with Gasteiger partial charge in [-0.2, -0.15) is 0 Å². The molecule has 0 aliphatic carbocycles. The number of carbonyl (C=O) groups is 3. The Labute approximate surface area is 199 Å². The van der Waals surface area contributed by atoms with Gasteiger partial charge in [0.05, 0.1) is 6.04 Å². The van der Waals surface area contributed by atoms with E-state index in [9.17, 15) is 14.4 Å². The summed E-state index contributed by atoms with van der Waals surface area (Å²) in [5, 5.41) is 6.37. The molecule has 0 unspecified atom stereocenters. The van der Waals surface area contributed by atoms with Gasteiger partial charge in [-0.1, -0.05) is 32.0 Å². The number of guanidine groups is 1. The molecule has 1 heterocycles. The summed E-state index contributed by atoms with van der Waals surface area (Å²) >= 11 is 0. The molecule has 0 aliphatic rings. The molecule has 0 fully saturated rings. The fraction of sp³-hybridized carbons (Fsp3) is 0.478. The molecule has 1 aromatic heterocycles. The largest absolute Gasteiger partial charge is 0.370 e. The predicted molar refractivity (Wildman–Crippen MR) is 132 cm³/mol. The zero-order chi connectivity index (χ0) is 25.3. The Bertz CT molecular complexity index is 1010. The van der Waals surface area contributed by atoms with Crippen molar-refractivity contribution in [1.29, 1.82) is 0 Å². The second kappa shape index (κ2) is 12.6. The maximum Gasteiger partial charge on any atom is 0.243 e. The molecule has 0 radical (unpaired) electrons. The smallest absolute Gasteiger partial charge is 0.243 e. The van der Waals surface area contributed by atoms with Gasteiger partial charge in [-0.15, -0.1) is 0 Å². The zero-order valence-electron chi connectivity index (χ0n) is 19.7. The molecule has 0 spiro atoms. The number of primary amides is 1. The van der Waals surface area contributed by atoms with E-state index in [0.717, 1.165) is 16.5 Å². The van der Waals surface area contributed by atoms with E-state index in [2.05, 4.69) is 20.6 Å². The Kier molecular flexibility index (Phi) is 9.87. The van der Waals surface area contributed by atoms with E-state index in [-0.39, 0.29) is 18.3 Å². The van der Waals surface area contributed by atoms with Crippen molar-refractivity contribution in [2.75, 3.05) is 6.54 Å². The normalized spacial score (nSPS) is 13.8. The third-order valence-corrected chi connectivity index (χ3v) is 5.40. The highest BCUT2D eigenvalue weighted by molar-refractivity contribution is 5.93. The summed E-state index contributed by atoms with van der Waals surface area (Å²) in [6, 6.07) is 5.12. The zero-order valence-corrected chi connectivity index (χ0v) is 19.7. The number of amides is 3. The molecular weight excluding hydrogens is 436 g/mol. The van der Waals surface area contributed by atoms with E-state index in [1.54, 1.807) is 0 Å². The van der Waals surface area contributed by atoms with E-state index in [4.69, 9.17) is 22.9 Å². The second-order valence-corrected chi connectivity index (χ2v) is 8.77. The number of rotatable bonds is 13. The van der Waals surface area contributed by atoms with Crippen molar-refractivity contribution in [2.24, 2.45) is 33.8 Å². The summed E-state index contributed by atoms with van der Waals surface area (Å²) in [5.74, 6) is -1.57. The van der Waals surface area contributed by atoms with Crippen molar-refractivity contribution in [3.8, 4) is 0 Å². The highest BCUT2D eigenvalue weighted by Crippen LogP contribution is 2.19. The summed E-state index contributed by atoms with van der Waals surface area (Å²) in [6.45, 7) is 4.16. The minimum absolute atomic E-state index is 0.0525. The molecule has 2 rings (SSSR count). The van der Waals surface area contributed by atoms with Crippen LogP contribution < -0.4 is 33.6 Å². The number of aromatic nitrogens is 1. The van der Waals surface area contributed by atoms with Crippen LogP contribution >= 0.6 is 0 Å². The lowest BCUT2D eigenvalue weighted by atomic mass is 10.0. The number of hydrogen-bond acceptors (Lipinski definition) is 5. The molecule has 1 aromatic carbocycles. The number of aromatic amines is 1. The maximum atomic E-state index is 12.9. The summed E-state index contributed by atoms with van der Waals surface area (Å²) in [7, 11) is 0. The van der Waals surface area contributed by atoms with Crippen molar-refractivity contribution >= 4 is 34.6 Å². The first kappa shape index (κ1) is 26.7. The average Bonchev–Trinajstić information content (AvgIpc) is 3.17. The fourth-order valence-corrected chi connectivity index (χ4v) is 3.67. The molecule has 11 N–H and O–H groups in total. The van der Waals surface area contributed by atoms with Crippen molar-refractivity contribution in [2.45, 2.75) is 57.7 Å². The van der Waals surface area contributed by atoms with Crippen molar-refractivity contribution in [1.82, 2.24) is 15.6 Å². The Morgan fingerprint density at radius 1 is 1.03 bits per heavy atom. The molecule has 2 aromatic rings. The van der Waals surface area contributed by atoms with Crippen molar-refractivity contribution < 1.29 is 14.4 Å². The van der Waals surface area contributed by atoms with Gasteiger partial charge in [-0.05, 0) is 43.2 Å². The number of hydrogen-bond donors (Lipinski definition) is 7. The number of nitrogens with one attached hydrogen (secondary N) is 3. The van der Waals surface area contributed by atoms with Crippen LogP contribution in [0, 0.1) is 5.92 Å². The van der Waals surface area contributed by atoms with E-state index in [0.29, 0.717) is 25.8 Å². The number of H-pyrrole nitrogens is 1. The molecular formula is C23H36N8O3. The number of aliphatic imine (C=N–C) groups is 1. The Morgan fingerprint density at radius 3 is 2.35 bits per heavy atom. The number of nitrogens with two attached hydrogens (primary N) is 4. The Hall–Kier alpha value is -3.60. The maximum absolute atomic E-state index is 12.9. The monoisotopic (exact) mass is 472 g/mol. The van der Waals surface area contributed by atoms with Gasteiger partial charge in [0.15, 0.2) is 5.96 Å². The first-order valence-corrected chi connectivity index (χ1v) is 11.3. The number of nitrogens with zero attached hydrogens (tertiary/aromatic N) is 1. The SMILES string of the molecule is CC(C)C[C@H](NC(=O)[C@@H](N)Cc1c[nH]c2ccccc12)C(=O)N[C@@H](CCCN=C(N)N)C(N)=O. The minimum atomic E-state index is -0.909. The molecule has 0 aliphatic heterocycles. The molecule has 3 amide bonds. The van der Waals surface area contributed by atoms with E-state index in [1.165, 1.54) is 0 Å². The highest BCUT2D eigenvalue weighted by atomic mass is 16.2. The molecule has 186 valence electrons. The first-order chi connectivity index (χ1) is 16.1. The second-order valence-electron chi connectivity index (χ2n) is 8.77. The van der Waals surface area contributed by atoms with Gasteiger partial charge in [-0.3, -0.25) is 19.4 Å². The van der Waals surface area contributed by atoms with Crippen LogP contribution in [-0.2, 0) is 20.8 Å². The topological polar surface area (TPSA) is 208 Å². The van der Waals surface area contributed by atoms with Crippen LogP contribution in [0.2, 0.25) is 0 Å². The van der Waals surface area contributed by atoms with Crippen LogP contribution in [0.3, 0.4) is 0 Å². The third-order valence-electron chi connectivity index (χ3n) is 5.40. The quantitative estimate of drug-likeness (QED) is 0.117. The molecule has 0 saturated carbocycles. The first-order valence-electron chi connectivity index (χ1n) is 11.3. The van der Waals surface area contributed by atoms with Crippen LogP contribution in [0.4, 0.5) is 0 Å². The summed E-state index contributed by atoms with van der Waals surface area (Å²) in [5.41, 5.74) is 24.1. The van der Waals surface area contributed by atoms with Crippen LogP contribution in [-0.4, -0.2) is 53.3 Å². The Morgan fingerprint density at radius 2 is 1.71 bits per heavy atom. The van der Waals surface area contributed by atoms with Gasteiger partial charge in [0.1, 0.15) is 12.1 Å². The van der Waals surface area contributed by atoms with Gasteiger partial charge in [0.2, 0.25) is 17.7 Å². The average molecular weight is 473 g/mol. The van der Waals surface area contributed by atoms with Crippen LogP contribution in [0.1, 0.15) is 38.7 Å². The minimum Gasteiger partial charge on any atom is -0.370 e. The van der Waals surface area contributed by atoms with E-state index in [1.807, 2.05) is 44.3 Å². The lowest BCUT2D eigenvalue weighted by Crippen LogP contribution is -2.55. The van der Waals surface area contributed by atoms with Crippen molar-refractivity contribution in [3.05, 3.63) is 36.0 Å². The van der Waals surface area contributed by atoms with Gasteiger partial charge in [-0.25, -0.2) is 0 Å². The molecule has 34 heavy (non-hydrogen) atoms. The van der Waals surface area contributed by atoms with Crippen LogP contribution in [0.15, 0.2) is 35.5 Å². The summed E-state index contributed by atoms with van der Waals surface area (Å²) < 4.78 is 0. The lowest BCUT2D eigenvalue weighted by Gasteiger charge is -2.24. The van der Waals surface area contributed by atoms with E-state index < -0.39 is 35.8 Å². The molecule has 0 saturated heterocycles. The number of fused-ring (bicyclic) bond motifs is 1. The third kappa shape index (κ3) is 8.07. The molecule has 0 bridgehead atoms. The Balaban J connectivity index is 2.02. The van der Waals surface area contributed by atoms with Gasteiger partial charge in [0.25, 0.3) is 0 Å². The predicted octanol–water partition coefficient (Wildman–Crippen LogP) is -0.408. The molecule has 11 nitrogen and oxygen atoms in total. The summed E-state index contributed by atoms with van der Waals surface area (Å²) in [4.78, 5) is 44.6. The fourth-order valence-electron chi connectivity index (χ4n) is 3.67. The van der Waals surface area contributed by atoms with E-state index >= 15 is 0 Å². The molecule has 3 atom stereocenters. The number of para-hydroxylation sites is 1. The van der Waals surface area contributed by atoms with Crippen LogP contribution in [0.25, 0.3) is 10.9 Å². The van der Waals surface area contributed by atoms with Gasteiger partial charge in [0, 0.05) is 23.6 Å². The van der Waals surface area contributed by atoms with Crippen molar-refractivity contribution in [3.63, 3.8) is 0 Å². The van der Waals surface area contributed by atoms with Gasteiger partial charge < -0.3 is 38.6 Å². The van der Waals surface area contributed by atoms with Gasteiger partial charge >= 0.3 is 0 Å². The number of benzene rings is 1. The standard InChI is InChI=1S/C23H36N8O3/c1-13(2)10-19(22(34)30-18(20(25)32)8-5-9-28-23(26)27)31-21(33)16(24)11-14-12-29-17-7-4-3-6-15(14)17/h3-4,6-7,12-13,16,18-19,29H,5,8-11,24H2,1-2H3,(H2,25,32)(H,30,34)(H,31,33)(H4,26,27,28)/t16-,18-,19-/m0/s1. The van der Waals surface area contributed by atoms with Crippen LogP contribution in [0.5, 0.6) is 0 Å². The molecule has 11 heteroatoms.